The Morgan fingerprint density at radius 1 is 0.431 bits per heavy atom. The van der Waals surface area contributed by atoms with Crippen molar-refractivity contribution >= 4 is 11.9 Å². The summed E-state index contributed by atoms with van der Waals surface area (Å²) in [7, 11) is 0. The number of ether oxygens (including phenoxy) is 2. The van der Waals surface area contributed by atoms with E-state index >= 15 is 0 Å². The van der Waals surface area contributed by atoms with E-state index in [0.29, 0.717) is 12.8 Å². The zero-order valence-electron chi connectivity index (χ0n) is 48.7. The highest BCUT2D eigenvalue weighted by Gasteiger charge is 2.35. The second-order valence-corrected chi connectivity index (χ2v) is 23.2. The van der Waals surface area contributed by atoms with Gasteiger partial charge in [-0.05, 0) is 89.2 Å². The number of esters is 2. The molecule has 72 heavy (non-hydrogen) atoms. The van der Waals surface area contributed by atoms with Gasteiger partial charge in [0.25, 0.3) is 0 Å². The summed E-state index contributed by atoms with van der Waals surface area (Å²) in [5.41, 5.74) is 9.97. The molecular formula is C68H108O4. The van der Waals surface area contributed by atoms with Crippen molar-refractivity contribution in [1.82, 2.24) is 0 Å². The topological polar surface area (TPSA) is 52.6 Å². The Balaban J connectivity index is 1.76. The Labute approximate surface area is 444 Å². The number of hydrogen-bond acceptors (Lipinski definition) is 4. The maximum atomic E-state index is 12.7. The lowest BCUT2D eigenvalue weighted by Gasteiger charge is -2.37. The molecule has 0 aromatic rings. The Hall–Kier alpha value is -3.92. The summed E-state index contributed by atoms with van der Waals surface area (Å²) in [5.74, 6) is -0.0548. The molecule has 2 atom stereocenters. The van der Waals surface area contributed by atoms with Crippen LogP contribution in [-0.2, 0) is 19.1 Å². The minimum atomic E-state index is -0.0560. The standard InChI is InChI=1S/C68H108O4/c1-13-15-17-19-21-23-25-27-29-31-33-45-65(69)71-61-51-59(7)63(67(9,10)53-61)49-47-57(5)43-37-41-55(3)39-35-36-40-56(4)42-38-44-58(6)48-50-64-60(8)52-62(54-68(64,11)12)72-66(70)46-34-32-30-28-26-24-22-20-18-16-14-2/h35-44,47-50,61-62H,13-34,45-46,51-54H2,1-12H3. The first-order valence-corrected chi connectivity index (χ1v) is 29.3. The van der Waals surface area contributed by atoms with E-state index in [2.05, 4.69) is 168 Å². The number of carbonyl (C=O) groups is 2. The molecule has 2 aliphatic carbocycles. The second-order valence-electron chi connectivity index (χ2n) is 23.2. The van der Waals surface area contributed by atoms with E-state index in [1.165, 1.54) is 160 Å². The van der Waals surface area contributed by atoms with Gasteiger partial charge in [-0.2, -0.15) is 0 Å². The van der Waals surface area contributed by atoms with Crippen LogP contribution >= 0.6 is 0 Å². The molecule has 2 unspecified atom stereocenters. The molecule has 0 bridgehead atoms. The predicted octanol–water partition coefficient (Wildman–Crippen LogP) is 21.1. The normalized spacial score (nSPS) is 19.4. The van der Waals surface area contributed by atoms with Gasteiger partial charge in [-0.25, -0.2) is 0 Å². The fraction of sp³-hybridized carbons (Fsp3) is 0.647. The smallest absolute Gasteiger partial charge is 0.306 e. The summed E-state index contributed by atoms with van der Waals surface area (Å²) in [6.45, 7) is 26.6. The molecule has 2 rings (SSSR count). The summed E-state index contributed by atoms with van der Waals surface area (Å²) >= 11 is 0. The second kappa shape index (κ2) is 37.8. The first kappa shape index (κ1) is 64.2. The highest BCUT2D eigenvalue weighted by molar-refractivity contribution is 5.70. The van der Waals surface area contributed by atoms with E-state index in [1.807, 2.05) is 0 Å². The summed E-state index contributed by atoms with van der Waals surface area (Å²) in [6, 6.07) is 0. The molecule has 4 nitrogen and oxygen atoms in total. The monoisotopic (exact) mass is 989 g/mol. The van der Waals surface area contributed by atoms with Gasteiger partial charge in [0.15, 0.2) is 0 Å². The largest absolute Gasteiger partial charge is 0.462 e. The number of allylic oxidation sites excluding steroid dienone is 20. The molecule has 0 fully saturated rings. The third-order valence-corrected chi connectivity index (χ3v) is 14.8. The van der Waals surface area contributed by atoms with Gasteiger partial charge < -0.3 is 9.47 Å². The average Bonchev–Trinajstić information content (AvgIpc) is 3.30. The minimum Gasteiger partial charge on any atom is -0.462 e. The van der Waals surface area contributed by atoms with Crippen LogP contribution in [-0.4, -0.2) is 24.1 Å². The van der Waals surface area contributed by atoms with Gasteiger partial charge in [0.1, 0.15) is 12.2 Å². The van der Waals surface area contributed by atoms with Crippen LogP contribution < -0.4 is 0 Å². The zero-order chi connectivity index (χ0) is 53.0. The number of hydrogen-bond donors (Lipinski definition) is 0. The van der Waals surface area contributed by atoms with Crippen molar-refractivity contribution < 1.29 is 19.1 Å². The third-order valence-electron chi connectivity index (χ3n) is 14.8. The maximum Gasteiger partial charge on any atom is 0.306 e. The van der Waals surface area contributed by atoms with Crippen molar-refractivity contribution in [3.05, 3.63) is 130 Å². The summed E-state index contributed by atoms with van der Waals surface area (Å²) in [4.78, 5) is 25.5. The lowest BCUT2D eigenvalue weighted by molar-refractivity contribution is -0.151. The van der Waals surface area contributed by atoms with Gasteiger partial charge >= 0.3 is 11.9 Å². The van der Waals surface area contributed by atoms with Crippen LogP contribution in [0.25, 0.3) is 0 Å². The van der Waals surface area contributed by atoms with Crippen LogP contribution in [0.2, 0.25) is 0 Å². The molecule has 0 radical (unpaired) electrons. The zero-order valence-corrected chi connectivity index (χ0v) is 48.7. The van der Waals surface area contributed by atoms with E-state index in [4.69, 9.17) is 9.47 Å². The van der Waals surface area contributed by atoms with Gasteiger partial charge in [-0.3, -0.25) is 9.59 Å². The van der Waals surface area contributed by atoms with Crippen LogP contribution in [0.3, 0.4) is 0 Å². The fourth-order valence-electron chi connectivity index (χ4n) is 10.6. The molecule has 0 saturated heterocycles. The van der Waals surface area contributed by atoms with Gasteiger partial charge in [-0.1, -0.05) is 288 Å². The Bertz CT molecular complexity index is 1790. The average molecular weight is 990 g/mol. The van der Waals surface area contributed by atoms with E-state index < -0.39 is 0 Å². The summed E-state index contributed by atoms with van der Waals surface area (Å²) in [6.07, 6.45) is 62.8. The van der Waals surface area contributed by atoms with E-state index in [9.17, 15) is 9.59 Å². The molecule has 404 valence electrons. The molecule has 0 aromatic heterocycles. The molecule has 0 heterocycles. The van der Waals surface area contributed by atoms with Crippen molar-refractivity contribution in [3.63, 3.8) is 0 Å². The molecule has 4 heteroatoms. The summed E-state index contributed by atoms with van der Waals surface area (Å²) in [5, 5.41) is 0. The lowest BCUT2D eigenvalue weighted by atomic mass is 9.71. The molecule has 0 N–H and O–H groups in total. The van der Waals surface area contributed by atoms with Crippen molar-refractivity contribution in [2.45, 2.75) is 275 Å². The molecule has 0 amide bonds. The SMILES string of the molecule is CCCCCCCCCCCCCC(=O)OC1CC(C)=C(C=CC(C)=CC=CC(C)=CC=CC=C(C)C=CC=C(C)C=CC2=C(C)CC(OC(=O)CCCCCCCCCCCCC)CC2(C)C)C(C)(C)C1. The Morgan fingerprint density at radius 3 is 1.01 bits per heavy atom. The molecule has 0 aromatic carbocycles. The van der Waals surface area contributed by atoms with Crippen LogP contribution in [0.1, 0.15) is 263 Å². The quantitative estimate of drug-likeness (QED) is 0.0357. The molecule has 0 saturated carbocycles. The van der Waals surface area contributed by atoms with Gasteiger partial charge in [0, 0.05) is 25.7 Å². The van der Waals surface area contributed by atoms with Crippen molar-refractivity contribution in [3.8, 4) is 0 Å². The van der Waals surface area contributed by atoms with Crippen molar-refractivity contribution in [1.29, 1.82) is 0 Å². The van der Waals surface area contributed by atoms with Crippen LogP contribution in [0.15, 0.2) is 130 Å². The Kier molecular flexibility index (Phi) is 33.7. The first-order valence-electron chi connectivity index (χ1n) is 29.3. The van der Waals surface area contributed by atoms with E-state index in [1.54, 1.807) is 0 Å². The third kappa shape index (κ3) is 29.7. The number of rotatable bonds is 36. The predicted molar refractivity (Wildman–Crippen MR) is 314 cm³/mol. The summed E-state index contributed by atoms with van der Waals surface area (Å²) < 4.78 is 12.0. The van der Waals surface area contributed by atoms with Gasteiger partial charge in [0.05, 0.1) is 0 Å². The van der Waals surface area contributed by atoms with E-state index in [-0.39, 0.29) is 35.0 Å². The lowest BCUT2D eigenvalue weighted by Crippen LogP contribution is -2.31. The number of carbonyl (C=O) groups excluding carboxylic acids is 2. The molecule has 0 spiro atoms. The molecule has 0 aliphatic heterocycles. The molecular weight excluding hydrogens is 881 g/mol. The van der Waals surface area contributed by atoms with Crippen LogP contribution in [0.5, 0.6) is 0 Å². The molecule has 2 aliphatic rings. The maximum absolute atomic E-state index is 12.7. The van der Waals surface area contributed by atoms with Crippen LogP contribution in [0, 0.1) is 10.8 Å². The van der Waals surface area contributed by atoms with Crippen molar-refractivity contribution in [2.75, 3.05) is 0 Å². The minimum absolute atomic E-state index is 0.0274. The van der Waals surface area contributed by atoms with Gasteiger partial charge in [-0.15, -0.1) is 0 Å². The van der Waals surface area contributed by atoms with E-state index in [0.717, 1.165) is 51.4 Å². The first-order chi connectivity index (χ1) is 34.5. The van der Waals surface area contributed by atoms with Crippen LogP contribution in [0.4, 0.5) is 0 Å². The van der Waals surface area contributed by atoms with Gasteiger partial charge in [0.2, 0.25) is 0 Å². The van der Waals surface area contributed by atoms with Crippen molar-refractivity contribution in [2.24, 2.45) is 10.8 Å². The number of unbranched alkanes of at least 4 members (excludes halogenated alkanes) is 20. The Morgan fingerprint density at radius 2 is 0.708 bits per heavy atom. The highest BCUT2D eigenvalue weighted by atomic mass is 16.5. The fourth-order valence-corrected chi connectivity index (χ4v) is 10.6. The highest BCUT2D eigenvalue weighted by Crippen LogP contribution is 2.43.